The summed E-state index contributed by atoms with van der Waals surface area (Å²) in [7, 11) is 0. The molecule has 136 valence electrons. The average Bonchev–Trinajstić information content (AvgIpc) is 3.36. The Balaban J connectivity index is 1.70. The number of aromatic nitrogens is 5. The number of hydrogen-bond donors (Lipinski definition) is 0. The zero-order valence-electron chi connectivity index (χ0n) is 14.4. The lowest BCUT2D eigenvalue weighted by Gasteiger charge is -2.11. The smallest absolute Gasteiger partial charge is 0.169 e. The summed E-state index contributed by atoms with van der Waals surface area (Å²) in [5.41, 5.74) is 2.63. The highest BCUT2D eigenvalue weighted by molar-refractivity contribution is 7.13. The van der Waals surface area contributed by atoms with Crippen LogP contribution >= 0.6 is 11.3 Å². The van der Waals surface area contributed by atoms with E-state index in [-0.39, 0.29) is 5.56 Å². The molecule has 0 unspecified atom stereocenters. The second-order valence-corrected chi connectivity index (χ2v) is 6.77. The summed E-state index contributed by atoms with van der Waals surface area (Å²) in [6.07, 6.45) is 5.77. The van der Waals surface area contributed by atoms with Gasteiger partial charge in [0.2, 0.25) is 0 Å². The molecule has 0 N–H and O–H groups in total. The molecule has 5 nitrogen and oxygen atoms in total. The first-order valence-corrected chi connectivity index (χ1v) is 9.26. The Morgan fingerprint density at radius 1 is 1.11 bits per heavy atom. The topological polar surface area (TPSA) is 56.5 Å². The molecule has 0 spiro atoms. The fourth-order valence-corrected chi connectivity index (χ4v) is 3.46. The number of hydrogen-bond acceptors (Lipinski definition) is 5. The first kappa shape index (κ1) is 17.4. The van der Waals surface area contributed by atoms with Gasteiger partial charge in [-0.3, -0.25) is 0 Å². The van der Waals surface area contributed by atoms with E-state index < -0.39 is 11.6 Å². The molecule has 0 saturated carbocycles. The second kappa shape index (κ2) is 7.32. The summed E-state index contributed by atoms with van der Waals surface area (Å²) < 4.78 is 29.5. The van der Waals surface area contributed by atoms with Gasteiger partial charge < -0.3 is 4.57 Å². The van der Waals surface area contributed by atoms with Crippen LogP contribution in [0.25, 0.3) is 22.1 Å². The van der Waals surface area contributed by atoms with E-state index in [1.54, 1.807) is 23.2 Å². The zero-order chi connectivity index (χ0) is 18.8. The molecule has 0 aliphatic carbocycles. The van der Waals surface area contributed by atoms with Crippen molar-refractivity contribution in [3.05, 3.63) is 71.1 Å². The van der Waals surface area contributed by atoms with Crippen molar-refractivity contribution in [3.63, 3.8) is 0 Å². The normalized spacial score (nSPS) is 11.1. The van der Waals surface area contributed by atoms with Crippen LogP contribution in [0.5, 0.6) is 0 Å². The van der Waals surface area contributed by atoms with Crippen LogP contribution in [0.4, 0.5) is 8.78 Å². The van der Waals surface area contributed by atoms with Crippen LogP contribution in [0, 0.1) is 11.6 Å². The highest BCUT2D eigenvalue weighted by Crippen LogP contribution is 2.25. The minimum atomic E-state index is -0.911. The number of rotatable bonds is 5. The minimum Gasteiger partial charge on any atom is -0.325 e. The predicted molar refractivity (Wildman–Crippen MR) is 99.2 cm³/mol. The zero-order valence-corrected chi connectivity index (χ0v) is 15.2. The highest BCUT2D eigenvalue weighted by atomic mass is 32.1. The van der Waals surface area contributed by atoms with Crippen LogP contribution in [0.3, 0.4) is 0 Å². The van der Waals surface area contributed by atoms with Gasteiger partial charge in [0.15, 0.2) is 11.6 Å². The van der Waals surface area contributed by atoms with Gasteiger partial charge in [0, 0.05) is 24.0 Å². The van der Waals surface area contributed by atoms with E-state index in [2.05, 4.69) is 20.2 Å². The second-order valence-electron chi connectivity index (χ2n) is 5.87. The van der Waals surface area contributed by atoms with Gasteiger partial charge in [0.25, 0.3) is 0 Å². The van der Waals surface area contributed by atoms with Crippen molar-refractivity contribution in [3.8, 4) is 22.1 Å². The molecule has 0 aliphatic heterocycles. The maximum atomic E-state index is 14.2. The predicted octanol–water partition coefficient (Wildman–Crippen LogP) is 4.35. The Labute approximate surface area is 158 Å². The van der Waals surface area contributed by atoms with Gasteiger partial charge in [-0.25, -0.2) is 18.7 Å². The maximum absolute atomic E-state index is 14.2. The van der Waals surface area contributed by atoms with Crippen LogP contribution in [0.1, 0.15) is 18.2 Å². The lowest BCUT2D eigenvalue weighted by molar-refractivity contribution is 0.510. The molecular formula is C19H15F2N5S. The summed E-state index contributed by atoms with van der Waals surface area (Å²) in [5.74, 6) is -1.46. The third-order valence-corrected chi connectivity index (χ3v) is 5.02. The highest BCUT2D eigenvalue weighted by Gasteiger charge is 2.16. The van der Waals surface area contributed by atoms with Gasteiger partial charge in [-0.1, -0.05) is 13.0 Å². The molecule has 0 radical (unpaired) electrons. The number of imidazole rings is 1. The van der Waals surface area contributed by atoms with Crippen molar-refractivity contribution in [2.45, 2.75) is 19.9 Å². The average molecular weight is 383 g/mol. The number of aryl methyl sites for hydroxylation is 1. The lowest BCUT2D eigenvalue weighted by atomic mass is 10.1. The van der Waals surface area contributed by atoms with Crippen molar-refractivity contribution in [2.24, 2.45) is 0 Å². The van der Waals surface area contributed by atoms with E-state index >= 15 is 0 Å². The van der Waals surface area contributed by atoms with Crippen molar-refractivity contribution in [1.29, 1.82) is 0 Å². The summed E-state index contributed by atoms with van der Waals surface area (Å²) in [6.45, 7) is 2.40. The third kappa shape index (κ3) is 3.35. The molecule has 27 heavy (non-hydrogen) atoms. The van der Waals surface area contributed by atoms with Crippen LogP contribution in [0.2, 0.25) is 0 Å². The fraction of sp³-hybridized carbons (Fsp3) is 0.158. The van der Waals surface area contributed by atoms with E-state index in [1.165, 1.54) is 23.5 Å². The Morgan fingerprint density at radius 2 is 2.00 bits per heavy atom. The summed E-state index contributed by atoms with van der Waals surface area (Å²) in [4.78, 5) is 8.46. The number of benzene rings is 1. The van der Waals surface area contributed by atoms with Crippen molar-refractivity contribution >= 4 is 11.3 Å². The maximum Gasteiger partial charge on any atom is 0.169 e. The molecule has 0 aliphatic rings. The Kier molecular flexibility index (Phi) is 4.72. The van der Waals surface area contributed by atoms with Crippen LogP contribution in [0.15, 0.2) is 48.2 Å². The summed E-state index contributed by atoms with van der Waals surface area (Å²) in [5, 5.41) is 11.3. The van der Waals surface area contributed by atoms with Gasteiger partial charge in [0.1, 0.15) is 16.5 Å². The number of thiazole rings is 1. The molecule has 3 aromatic heterocycles. The standard InChI is InChI=1S/C19H15F2N5S/c1-2-12-10-15(19-23-7-9-27-19)24-25-16(12)11-26-8-6-22-18(26)13-4-3-5-14(20)17(13)21/h3-10H,2,11H2,1H3. The van der Waals surface area contributed by atoms with Crippen molar-refractivity contribution in [2.75, 3.05) is 0 Å². The monoisotopic (exact) mass is 383 g/mol. The van der Waals surface area contributed by atoms with E-state index in [0.717, 1.165) is 34.4 Å². The molecule has 8 heteroatoms. The van der Waals surface area contributed by atoms with E-state index in [4.69, 9.17) is 0 Å². The molecule has 0 atom stereocenters. The van der Waals surface area contributed by atoms with Crippen LogP contribution in [-0.2, 0) is 13.0 Å². The fourth-order valence-electron chi connectivity index (χ4n) is 2.87. The Morgan fingerprint density at radius 3 is 2.78 bits per heavy atom. The van der Waals surface area contributed by atoms with E-state index in [9.17, 15) is 8.78 Å². The first-order valence-electron chi connectivity index (χ1n) is 8.38. The van der Waals surface area contributed by atoms with Crippen molar-refractivity contribution < 1.29 is 8.78 Å². The van der Waals surface area contributed by atoms with Crippen LogP contribution in [-0.4, -0.2) is 24.7 Å². The molecular weight excluding hydrogens is 368 g/mol. The Hall–Kier alpha value is -3.00. The minimum absolute atomic E-state index is 0.116. The van der Waals surface area contributed by atoms with Gasteiger partial charge >= 0.3 is 0 Å². The molecule has 4 aromatic rings. The van der Waals surface area contributed by atoms with Crippen molar-refractivity contribution in [1.82, 2.24) is 24.7 Å². The molecule has 3 heterocycles. The van der Waals surface area contributed by atoms with Crippen LogP contribution < -0.4 is 0 Å². The van der Waals surface area contributed by atoms with E-state index in [1.807, 2.05) is 18.4 Å². The van der Waals surface area contributed by atoms with Gasteiger partial charge in [-0.15, -0.1) is 16.4 Å². The number of halogens is 2. The lowest BCUT2D eigenvalue weighted by Crippen LogP contribution is -2.08. The molecule has 0 bridgehead atoms. The van der Waals surface area contributed by atoms with E-state index in [0.29, 0.717) is 12.4 Å². The van der Waals surface area contributed by atoms with Gasteiger partial charge in [-0.2, -0.15) is 5.10 Å². The quantitative estimate of drug-likeness (QED) is 0.514. The third-order valence-electron chi connectivity index (χ3n) is 4.22. The van der Waals surface area contributed by atoms with Gasteiger partial charge in [0.05, 0.1) is 17.8 Å². The molecule has 1 aromatic carbocycles. The molecule has 0 amide bonds. The molecule has 0 saturated heterocycles. The molecule has 4 rings (SSSR count). The number of nitrogens with zero attached hydrogens (tertiary/aromatic N) is 5. The summed E-state index contributed by atoms with van der Waals surface area (Å²) in [6, 6.07) is 6.03. The SMILES string of the molecule is CCc1cc(-c2nccs2)nnc1Cn1ccnc1-c1cccc(F)c1F. The summed E-state index contributed by atoms with van der Waals surface area (Å²) >= 11 is 1.50. The largest absolute Gasteiger partial charge is 0.325 e. The van der Waals surface area contributed by atoms with Gasteiger partial charge in [-0.05, 0) is 30.2 Å². The molecule has 0 fully saturated rings. The Bertz CT molecular complexity index is 1080. The first-order chi connectivity index (χ1) is 13.2.